The first kappa shape index (κ1) is 15.1. The van der Waals surface area contributed by atoms with E-state index in [0.29, 0.717) is 10.2 Å². The lowest BCUT2D eigenvalue weighted by Crippen LogP contribution is -2.20. The molecule has 108 valence electrons. The van der Waals surface area contributed by atoms with E-state index in [1.54, 1.807) is 16.8 Å². The maximum Gasteiger partial charge on any atom is 0.150 e. The summed E-state index contributed by atoms with van der Waals surface area (Å²) in [7, 11) is 0. The van der Waals surface area contributed by atoms with Gasteiger partial charge in [0.25, 0.3) is 0 Å². The third kappa shape index (κ3) is 2.91. The minimum absolute atomic E-state index is 0.0919. The topological polar surface area (TPSA) is 42.7 Å². The van der Waals surface area contributed by atoms with E-state index in [-0.39, 0.29) is 11.9 Å². The van der Waals surface area contributed by atoms with Gasteiger partial charge in [0.05, 0.1) is 11.7 Å². The van der Waals surface area contributed by atoms with Crippen LogP contribution in [0.5, 0.6) is 0 Å². The fourth-order valence-corrected chi connectivity index (χ4v) is 2.61. The van der Waals surface area contributed by atoms with Crippen LogP contribution in [0, 0.1) is 12.7 Å². The summed E-state index contributed by atoms with van der Waals surface area (Å²) in [5.74, 6) is -0.326. The van der Waals surface area contributed by atoms with Crippen LogP contribution < -0.4 is 5.32 Å². The molecule has 1 aromatic heterocycles. The first-order valence-electron chi connectivity index (χ1n) is 6.66. The van der Waals surface area contributed by atoms with Gasteiger partial charge in [0.15, 0.2) is 0 Å². The fraction of sp³-hybridized carbons (Fsp3) is 0.429. The molecule has 1 N–H and O–H groups in total. The van der Waals surface area contributed by atoms with Gasteiger partial charge in [-0.05, 0) is 54.9 Å². The van der Waals surface area contributed by atoms with Crippen molar-refractivity contribution in [1.29, 1.82) is 0 Å². The van der Waals surface area contributed by atoms with Crippen LogP contribution in [-0.2, 0) is 0 Å². The molecule has 6 heteroatoms. The molecule has 1 atom stereocenters. The van der Waals surface area contributed by atoms with Gasteiger partial charge in [-0.15, -0.1) is 5.10 Å². The Morgan fingerprint density at radius 1 is 1.45 bits per heavy atom. The van der Waals surface area contributed by atoms with Crippen LogP contribution in [0.25, 0.3) is 5.69 Å². The molecule has 1 unspecified atom stereocenters. The highest BCUT2D eigenvalue weighted by Crippen LogP contribution is 2.26. The first-order valence-corrected chi connectivity index (χ1v) is 7.45. The number of rotatable bonds is 5. The molecule has 0 aliphatic heterocycles. The van der Waals surface area contributed by atoms with E-state index in [1.165, 1.54) is 6.07 Å². The second-order valence-electron chi connectivity index (χ2n) is 4.72. The lowest BCUT2D eigenvalue weighted by molar-refractivity contribution is 0.555. The molecule has 0 fully saturated rings. The van der Waals surface area contributed by atoms with Crippen molar-refractivity contribution in [3.05, 3.63) is 39.9 Å². The molecule has 4 nitrogen and oxygen atoms in total. The fourth-order valence-electron chi connectivity index (χ4n) is 2.10. The zero-order valence-electron chi connectivity index (χ0n) is 11.8. The van der Waals surface area contributed by atoms with Gasteiger partial charge in [-0.1, -0.05) is 18.2 Å². The van der Waals surface area contributed by atoms with Crippen molar-refractivity contribution in [2.24, 2.45) is 0 Å². The van der Waals surface area contributed by atoms with Crippen LogP contribution in [0.4, 0.5) is 4.39 Å². The minimum atomic E-state index is -0.326. The van der Waals surface area contributed by atoms with Gasteiger partial charge in [-0.25, -0.2) is 9.07 Å². The number of hydrogen-bond donors (Lipinski definition) is 1. The Morgan fingerprint density at radius 2 is 2.20 bits per heavy atom. The summed E-state index contributed by atoms with van der Waals surface area (Å²) >= 11 is 3.36. The summed E-state index contributed by atoms with van der Waals surface area (Å²) in [5.41, 5.74) is 2.08. The Kier molecular flexibility index (Phi) is 4.88. The number of halogens is 2. The highest BCUT2D eigenvalue weighted by Gasteiger charge is 2.19. The second-order valence-corrected chi connectivity index (χ2v) is 5.57. The van der Waals surface area contributed by atoms with Crippen LogP contribution in [0.2, 0.25) is 0 Å². The predicted molar refractivity (Wildman–Crippen MR) is 80.5 cm³/mol. The quantitative estimate of drug-likeness (QED) is 0.905. The Balaban J connectivity index is 2.38. The van der Waals surface area contributed by atoms with E-state index >= 15 is 0 Å². The molecule has 0 radical (unpaired) electrons. The van der Waals surface area contributed by atoms with Crippen LogP contribution in [0.15, 0.2) is 22.7 Å². The van der Waals surface area contributed by atoms with Crippen LogP contribution in [0.3, 0.4) is 0 Å². The van der Waals surface area contributed by atoms with Gasteiger partial charge in [-0.3, -0.25) is 0 Å². The van der Waals surface area contributed by atoms with Crippen LogP contribution in [-0.4, -0.2) is 21.5 Å². The van der Waals surface area contributed by atoms with Crippen molar-refractivity contribution >= 4 is 15.9 Å². The number of nitrogens with zero attached hydrogens (tertiary/aromatic N) is 3. The summed E-state index contributed by atoms with van der Waals surface area (Å²) in [4.78, 5) is 0. The molecule has 0 bridgehead atoms. The second kappa shape index (κ2) is 6.45. The number of aromatic nitrogens is 3. The Hall–Kier alpha value is -1.27. The van der Waals surface area contributed by atoms with E-state index in [2.05, 4.69) is 38.5 Å². The molecule has 0 aliphatic rings. The molecular weight excluding hydrogens is 323 g/mol. The Morgan fingerprint density at radius 3 is 2.85 bits per heavy atom. The molecule has 20 heavy (non-hydrogen) atoms. The lowest BCUT2D eigenvalue weighted by Gasteiger charge is -2.12. The van der Waals surface area contributed by atoms with Gasteiger partial charge in [0, 0.05) is 4.47 Å². The molecule has 2 rings (SSSR count). The van der Waals surface area contributed by atoms with Gasteiger partial charge in [-0.2, -0.15) is 0 Å². The van der Waals surface area contributed by atoms with Gasteiger partial charge in [0.1, 0.15) is 17.2 Å². The van der Waals surface area contributed by atoms with Crippen molar-refractivity contribution in [3.63, 3.8) is 0 Å². The highest BCUT2D eigenvalue weighted by molar-refractivity contribution is 9.10. The smallest absolute Gasteiger partial charge is 0.150 e. The van der Waals surface area contributed by atoms with E-state index < -0.39 is 0 Å². The third-order valence-electron chi connectivity index (χ3n) is 3.19. The van der Waals surface area contributed by atoms with Crippen molar-refractivity contribution in [2.75, 3.05) is 6.54 Å². The number of benzene rings is 1. The highest BCUT2D eigenvalue weighted by atomic mass is 79.9. The third-order valence-corrected chi connectivity index (χ3v) is 3.83. The average molecular weight is 341 g/mol. The SMILES string of the molecule is CCCNC(C)c1nnn(-c2c(F)cccc2Br)c1C. The monoisotopic (exact) mass is 340 g/mol. The lowest BCUT2D eigenvalue weighted by atomic mass is 10.2. The van der Waals surface area contributed by atoms with Crippen molar-refractivity contribution < 1.29 is 4.39 Å². The molecular formula is C14H18BrFN4. The van der Waals surface area contributed by atoms with Crippen molar-refractivity contribution in [1.82, 2.24) is 20.3 Å². The summed E-state index contributed by atoms with van der Waals surface area (Å²) in [5, 5.41) is 11.6. The zero-order valence-corrected chi connectivity index (χ0v) is 13.4. The molecule has 1 aromatic carbocycles. The molecule has 0 spiro atoms. The summed E-state index contributed by atoms with van der Waals surface area (Å²) in [6.45, 7) is 6.96. The summed E-state index contributed by atoms with van der Waals surface area (Å²) < 4.78 is 16.2. The number of hydrogen-bond acceptors (Lipinski definition) is 3. The molecule has 1 heterocycles. The minimum Gasteiger partial charge on any atom is -0.309 e. The zero-order chi connectivity index (χ0) is 14.7. The maximum absolute atomic E-state index is 14.0. The first-order chi connectivity index (χ1) is 9.56. The molecule has 2 aromatic rings. The van der Waals surface area contributed by atoms with E-state index in [0.717, 1.165) is 24.4 Å². The number of para-hydroxylation sites is 1. The average Bonchev–Trinajstić information content (AvgIpc) is 2.78. The molecule has 0 amide bonds. The molecule has 0 saturated heterocycles. The Bertz CT molecular complexity index is 577. The summed E-state index contributed by atoms with van der Waals surface area (Å²) in [6.07, 6.45) is 1.05. The van der Waals surface area contributed by atoms with Crippen LogP contribution >= 0.6 is 15.9 Å². The van der Waals surface area contributed by atoms with Crippen molar-refractivity contribution in [3.8, 4) is 5.69 Å². The maximum atomic E-state index is 14.0. The van der Waals surface area contributed by atoms with Gasteiger partial charge < -0.3 is 5.32 Å². The molecule has 0 aliphatic carbocycles. The van der Waals surface area contributed by atoms with E-state index in [9.17, 15) is 4.39 Å². The normalized spacial score (nSPS) is 12.7. The Labute approximate surface area is 126 Å². The van der Waals surface area contributed by atoms with E-state index in [1.807, 2.05) is 13.8 Å². The van der Waals surface area contributed by atoms with Crippen LogP contribution in [0.1, 0.15) is 37.7 Å². The largest absolute Gasteiger partial charge is 0.309 e. The summed E-state index contributed by atoms with van der Waals surface area (Å²) in [6, 6.07) is 4.95. The predicted octanol–water partition coefficient (Wildman–Crippen LogP) is 3.54. The standard InChI is InChI=1S/C14H18BrFN4/c1-4-8-17-9(2)13-10(3)20(19-18-13)14-11(15)6-5-7-12(14)16/h5-7,9,17H,4,8H2,1-3H3. The van der Waals surface area contributed by atoms with Gasteiger partial charge in [0.2, 0.25) is 0 Å². The molecule has 0 saturated carbocycles. The van der Waals surface area contributed by atoms with Crippen molar-refractivity contribution in [2.45, 2.75) is 33.2 Å². The van der Waals surface area contributed by atoms with E-state index in [4.69, 9.17) is 0 Å². The number of nitrogens with one attached hydrogen (secondary N) is 1. The van der Waals surface area contributed by atoms with Gasteiger partial charge >= 0.3 is 0 Å².